The number of carbonyl (C=O) groups excluding carboxylic acids is 1. The van der Waals surface area contributed by atoms with Gasteiger partial charge in [0.15, 0.2) is 5.65 Å². The summed E-state index contributed by atoms with van der Waals surface area (Å²) in [5, 5.41) is 10.5. The van der Waals surface area contributed by atoms with Crippen molar-refractivity contribution >= 4 is 22.5 Å². The number of aromatic nitrogens is 4. The molecule has 8 heteroatoms. The molecule has 0 aliphatic heterocycles. The lowest BCUT2D eigenvalue weighted by Gasteiger charge is -2.06. The quantitative estimate of drug-likeness (QED) is 0.483. The Balaban J connectivity index is 1.58. The first-order valence-corrected chi connectivity index (χ1v) is 9.39. The van der Waals surface area contributed by atoms with Crippen molar-refractivity contribution in [3.8, 4) is 11.3 Å². The second-order valence-corrected chi connectivity index (χ2v) is 7.00. The van der Waals surface area contributed by atoms with Crippen LogP contribution in [0.15, 0.2) is 70.1 Å². The van der Waals surface area contributed by atoms with E-state index in [1.165, 1.54) is 0 Å². The predicted octanol–water partition coefficient (Wildman–Crippen LogP) is 3.07. The summed E-state index contributed by atoms with van der Waals surface area (Å²) in [5.74, 6) is 0.382. The number of hydrogen-bond acceptors (Lipinski definition) is 5. The van der Waals surface area contributed by atoms with Gasteiger partial charge in [-0.25, -0.2) is 9.73 Å². The highest BCUT2D eigenvalue weighted by Gasteiger charge is 2.16. The summed E-state index contributed by atoms with van der Waals surface area (Å²) in [6.07, 6.45) is 1.55. The number of aromatic amines is 1. The van der Waals surface area contributed by atoms with Crippen LogP contribution in [0.5, 0.6) is 0 Å². The van der Waals surface area contributed by atoms with Crippen molar-refractivity contribution < 1.29 is 9.21 Å². The molecule has 3 heterocycles. The van der Waals surface area contributed by atoms with Gasteiger partial charge in [0, 0.05) is 11.1 Å². The monoisotopic (exact) mass is 399 g/mol. The Kier molecular flexibility index (Phi) is 4.17. The average Bonchev–Trinajstić information content (AvgIpc) is 3.42. The van der Waals surface area contributed by atoms with E-state index in [-0.39, 0.29) is 18.0 Å². The number of carbonyl (C=O) groups is 1. The highest BCUT2D eigenvalue weighted by atomic mass is 16.3. The van der Waals surface area contributed by atoms with E-state index in [1.54, 1.807) is 41.1 Å². The minimum Gasteiger partial charge on any atom is -0.467 e. The number of nitrogens with zero attached hydrogens (tertiary/aromatic N) is 3. The molecule has 5 aromatic rings. The largest absolute Gasteiger partial charge is 0.467 e. The number of aryl methyl sites for hydroxylation is 1. The third-order valence-electron chi connectivity index (χ3n) is 4.95. The van der Waals surface area contributed by atoms with Gasteiger partial charge in [-0.15, -0.1) is 0 Å². The maximum Gasteiger partial charge on any atom is 0.281 e. The van der Waals surface area contributed by atoms with E-state index in [9.17, 15) is 9.59 Å². The van der Waals surface area contributed by atoms with Crippen molar-refractivity contribution in [2.45, 2.75) is 13.5 Å². The van der Waals surface area contributed by atoms with E-state index in [2.05, 4.69) is 20.6 Å². The molecule has 2 aromatic carbocycles. The Morgan fingerprint density at radius 1 is 1.17 bits per heavy atom. The van der Waals surface area contributed by atoms with E-state index < -0.39 is 0 Å². The molecule has 0 aliphatic carbocycles. The zero-order valence-electron chi connectivity index (χ0n) is 16.0. The molecule has 148 valence electrons. The van der Waals surface area contributed by atoms with Crippen molar-refractivity contribution in [1.82, 2.24) is 25.1 Å². The number of amides is 1. The molecule has 0 fully saturated rings. The van der Waals surface area contributed by atoms with E-state index in [0.29, 0.717) is 33.6 Å². The number of benzene rings is 2. The molecule has 1 amide bonds. The standard InChI is InChI=1S/C22H17N5O3/c1-13-4-6-14(7-5-13)19-20-24-22(29)17-9-8-15(11-18(17)27(20)26-25-19)21(28)23-12-16-3-2-10-30-16/h2-11,26H,12H2,1H3,(H,23,28). The number of furan rings is 1. The fraction of sp³-hybridized carbons (Fsp3) is 0.0909. The van der Waals surface area contributed by atoms with Gasteiger partial charge in [-0.05, 0) is 37.3 Å². The summed E-state index contributed by atoms with van der Waals surface area (Å²) >= 11 is 0. The third-order valence-corrected chi connectivity index (χ3v) is 4.95. The van der Waals surface area contributed by atoms with Crippen molar-refractivity contribution in [3.63, 3.8) is 0 Å². The van der Waals surface area contributed by atoms with Crippen LogP contribution in [0, 0.1) is 6.92 Å². The van der Waals surface area contributed by atoms with Gasteiger partial charge < -0.3 is 9.73 Å². The Morgan fingerprint density at radius 2 is 2.00 bits per heavy atom. The van der Waals surface area contributed by atoms with E-state index in [4.69, 9.17) is 4.42 Å². The lowest BCUT2D eigenvalue weighted by Crippen LogP contribution is -2.22. The zero-order chi connectivity index (χ0) is 20.7. The number of nitrogens with one attached hydrogen (secondary N) is 2. The molecule has 0 atom stereocenters. The van der Waals surface area contributed by atoms with Gasteiger partial charge in [0.2, 0.25) is 0 Å². The van der Waals surface area contributed by atoms with E-state index in [1.807, 2.05) is 31.2 Å². The number of H-pyrrole nitrogens is 1. The first kappa shape index (κ1) is 17.9. The molecule has 5 rings (SSSR count). The Bertz CT molecular complexity index is 1430. The Hall–Kier alpha value is -4.20. The van der Waals surface area contributed by atoms with Crippen molar-refractivity contribution in [2.75, 3.05) is 0 Å². The molecule has 0 saturated carbocycles. The van der Waals surface area contributed by atoms with Crippen LogP contribution in [-0.4, -0.2) is 25.7 Å². The smallest absolute Gasteiger partial charge is 0.281 e. The molecule has 8 nitrogen and oxygen atoms in total. The summed E-state index contributed by atoms with van der Waals surface area (Å²) in [6, 6.07) is 16.2. The summed E-state index contributed by atoms with van der Waals surface area (Å²) < 4.78 is 6.85. The summed E-state index contributed by atoms with van der Waals surface area (Å²) in [6.45, 7) is 2.28. The van der Waals surface area contributed by atoms with Gasteiger partial charge in [-0.3, -0.25) is 9.59 Å². The Morgan fingerprint density at radius 3 is 2.77 bits per heavy atom. The fourth-order valence-corrected chi connectivity index (χ4v) is 3.36. The minimum atomic E-state index is -0.373. The van der Waals surface area contributed by atoms with Crippen molar-refractivity contribution in [1.29, 1.82) is 0 Å². The predicted molar refractivity (Wildman–Crippen MR) is 111 cm³/mol. The van der Waals surface area contributed by atoms with E-state index in [0.717, 1.165) is 11.1 Å². The fourth-order valence-electron chi connectivity index (χ4n) is 3.36. The van der Waals surface area contributed by atoms with Gasteiger partial charge in [0.25, 0.3) is 11.5 Å². The lowest BCUT2D eigenvalue weighted by molar-refractivity contribution is 0.0948. The van der Waals surface area contributed by atoms with E-state index >= 15 is 0 Å². The molecule has 3 aromatic heterocycles. The number of fused-ring (bicyclic) bond motifs is 3. The minimum absolute atomic E-state index is 0.274. The number of rotatable bonds is 4. The topological polar surface area (TPSA) is 105 Å². The summed E-state index contributed by atoms with van der Waals surface area (Å²) in [5.41, 5.74) is 3.52. The zero-order valence-corrected chi connectivity index (χ0v) is 16.0. The molecule has 30 heavy (non-hydrogen) atoms. The molecule has 0 saturated heterocycles. The lowest BCUT2D eigenvalue weighted by atomic mass is 10.1. The van der Waals surface area contributed by atoms with Crippen LogP contribution >= 0.6 is 0 Å². The molecular weight excluding hydrogens is 382 g/mol. The molecule has 0 bridgehead atoms. The van der Waals surface area contributed by atoms with Crippen LogP contribution in [-0.2, 0) is 6.54 Å². The van der Waals surface area contributed by atoms with Crippen LogP contribution in [0.4, 0.5) is 0 Å². The first-order valence-electron chi connectivity index (χ1n) is 9.39. The average molecular weight is 399 g/mol. The van der Waals surface area contributed by atoms with Gasteiger partial charge >= 0.3 is 0 Å². The van der Waals surface area contributed by atoms with Crippen LogP contribution in [0.3, 0.4) is 0 Å². The van der Waals surface area contributed by atoms with Gasteiger partial charge in [0.1, 0.15) is 11.5 Å². The molecule has 0 radical (unpaired) electrons. The highest BCUT2D eigenvalue weighted by molar-refractivity contribution is 5.98. The SMILES string of the molecule is Cc1ccc(-c2n[nH]n3c2nc(=O)c2ccc(C(=O)NCc4ccco4)cc23)cc1. The van der Waals surface area contributed by atoms with Gasteiger partial charge in [-0.1, -0.05) is 29.8 Å². The van der Waals surface area contributed by atoms with Crippen LogP contribution in [0.2, 0.25) is 0 Å². The Labute approximate surface area is 170 Å². The maximum absolute atomic E-state index is 12.6. The second-order valence-electron chi connectivity index (χ2n) is 7.00. The molecule has 2 N–H and O–H groups in total. The summed E-state index contributed by atoms with van der Waals surface area (Å²) in [4.78, 5) is 29.4. The van der Waals surface area contributed by atoms with Crippen LogP contribution < -0.4 is 10.9 Å². The second kappa shape index (κ2) is 7.00. The normalized spacial score (nSPS) is 11.2. The van der Waals surface area contributed by atoms with Crippen LogP contribution in [0.1, 0.15) is 21.7 Å². The molecular formula is C22H17N5O3. The van der Waals surface area contributed by atoms with Crippen LogP contribution in [0.25, 0.3) is 27.8 Å². The highest BCUT2D eigenvalue weighted by Crippen LogP contribution is 2.23. The molecule has 0 aliphatic rings. The molecule has 0 spiro atoms. The van der Waals surface area contributed by atoms with Crippen molar-refractivity contribution in [2.24, 2.45) is 0 Å². The van der Waals surface area contributed by atoms with Gasteiger partial charge in [-0.2, -0.15) is 10.1 Å². The maximum atomic E-state index is 12.6. The third kappa shape index (κ3) is 3.04. The van der Waals surface area contributed by atoms with Crippen molar-refractivity contribution in [3.05, 3.63) is 88.1 Å². The summed E-state index contributed by atoms with van der Waals surface area (Å²) in [7, 11) is 0. The number of hydrogen-bond donors (Lipinski definition) is 2. The van der Waals surface area contributed by atoms with Gasteiger partial charge in [0.05, 0.1) is 23.7 Å². The molecule has 0 unspecified atom stereocenters. The first-order chi connectivity index (χ1) is 14.6.